The van der Waals surface area contributed by atoms with E-state index in [1.807, 2.05) is 4.90 Å². The van der Waals surface area contributed by atoms with E-state index in [0.29, 0.717) is 49.2 Å². The molecule has 2 saturated heterocycles. The van der Waals surface area contributed by atoms with Gasteiger partial charge in [-0.25, -0.2) is 9.97 Å². The molecule has 3 amide bonds. The van der Waals surface area contributed by atoms with Crippen molar-refractivity contribution < 1.29 is 27.6 Å². The topological polar surface area (TPSA) is 132 Å². The molecule has 5 aliphatic rings. The first-order valence-electron chi connectivity index (χ1n) is 20.7. The van der Waals surface area contributed by atoms with Crippen molar-refractivity contribution in [1.29, 1.82) is 0 Å². The standard InChI is InChI=1S/C41H59F3N8O3/c1-25(2)51(3)30-9-11-35(52-21-14-33(39(52)55)49-36-31-22-28(41(42,43)44)6-10-32(31)46-24-47-36)34(23-30)50-38(54)26-4-7-29(8-5-26)48-37(53)27-12-15-40(16-13-27)17-19-45-20-18-40/h6,10,22,24-27,29-30,33-35,45H,4-5,7-9,11-21,23H2,1-3H3,(H,48,53)(H,50,54)(H,46,47,49)/t26?,29?,30-,33+,34-,35+/m1/s1. The largest absolute Gasteiger partial charge is 0.416 e. The monoisotopic (exact) mass is 768 g/mol. The van der Waals surface area contributed by atoms with Gasteiger partial charge in [0.2, 0.25) is 17.7 Å². The van der Waals surface area contributed by atoms with Crippen LogP contribution in [0, 0.1) is 17.3 Å². The fourth-order valence-corrected chi connectivity index (χ4v) is 10.2. The normalized spacial score (nSPS) is 29.2. The van der Waals surface area contributed by atoms with Crippen molar-refractivity contribution in [2.45, 2.75) is 146 Å². The Balaban J connectivity index is 0.961. The molecule has 3 heterocycles. The number of rotatable bonds is 9. The van der Waals surface area contributed by atoms with Crippen molar-refractivity contribution in [2.24, 2.45) is 17.3 Å². The molecule has 2 aromatic rings. The Morgan fingerprint density at radius 2 is 1.60 bits per heavy atom. The second-order valence-corrected chi connectivity index (χ2v) is 17.5. The summed E-state index contributed by atoms with van der Waals surface area (Å²) in [6, 6.07) is 2.90. The molecule has 0 bridgehead atoms. The van der Waals surface area contributed by atoms with E-state index in [0.717, 1.165) is 76.6 Å². The number of benzene rings is 1. The Morgan fingerprint density at radius 3 is 2.29 bits per heavy atom. The summed E-state index contributed by atoms with van der Waals surface area (Å²) in [6.45, 7) is 6.96. The van der Waals surface area contributed by atoms with Crippen LogP contribution in [0.5, 0.6) is 0 Å². The van der Waals surface area contributed by atoms with Gasteiger partial charge in [0.25, 0.3) is 0 Å². The molecule has 14 heteroatoms. The summed E-state index contributed by atoms with van der Waals surface area (Å²) in [4.78, 5) is 53.8. The highest BCUT2D eigenvalue weighted by Crippen LogP contribution is 2.45. The highest BCUT2D eigenvalue weighted by Gasteiger charge is 2.44. The highest BCUT2D eigenvalue weighted by molar-refractivity contribution is 5.93. The van der Waals surface area contributed by atoms with Crippen LogP contribution in [0.2, 0.25) is 0 Å². The molecular formula is C41H59F3N8O3. The maximum atomic E-state index is 14.0. The molecule has 55 heavy (non-hydrogen) atoms. The summed E-state index contributed by atoms with van der Waals surface area (Å²) < 4.78 is 40.6. The van der Waals surface area contributed by atoms with E-state index < -0.39 is 17.8 Å². The van der Waals surface area contributed by atoms with Gasteiger partial charge < -0.3 is 31.1 Å². The Bertz CT molecular complexity index is 1680. The zero-order chi connectivity index (χ0) is 38.9. The lowest BCUT2D eigenvalue weighted by Crippen LogP contribution is -2.59. The minimum atomic E-state index is -4.52. The van der Waals surface area contributed by atoms with Gasteiger partial charge in [-0.15, -0.1) is 0 Å². The second kappa shape index (κ2) is 16.5. The first kappa shape index (κ1) is 39.7. The number of carbonyl (C=O) groups is 3. The summed E-state index contributed by atoms with van der Waals surface area (Å²) in [5, 5.41) is 13.6. The van der Waals surface area contributed by atoms with E-state index in [1.54, 1.807) is 0 Å². The minimum Gasteiger partial charge on any atom is -0.358 e. The molecule has 7 rings (SSSR count). The third-order valence-electron chi connectivity index (χ3n) is 13.9. The van der Waals surface area contributed by atoms with Crippen LogP contribution in [0.3, 0.4) is 0 Å². The van der Waals surface area contributed by atoms with E-state index in [2.05, 4.69) is 57.0 Å². The Hall–Kier alpha value is -3.52. The quantitative estimate of drug-likeness (QED) is 0.258. The molecule has 0 radical (unpaired) electrons. The predicted molar refractivity (Wildman–Crippen MR) is 205 cm³/mol. The number of carbonyl (C=O) groups excluding carboxylic acids is 3. The van der Waals surface area contributed by atoms with Crippen molar-refractivity contribution in [2.75, 3.05) is 32.0 Å². The van der Waals surface area contributed by atoms with Gasteiger partial charge in [-0.3, -0.25) is 14.4 Å². The number of nitrogens with one attached hydrogen (secondary N) is 4. The summed E-state index contributed by atoms with van der Waals surface area (Å²) >= 11 is 0. The van der Waals surface area contributed by atoms with Gasteiger partial charge in [0.15, 0.2) is 0 Å². The molecular weight excluding hydrogens is 709 g/mol. The van der Waals surface area contributed by atoms with Crippen LogP contribution in [-0.2, 0) is 20.6 Å². The minimum absolute atomic E-state index is 0.0152. The average Bonchev–Trinajstić information content (AvgIpc) is 3.53. The number of amides is 3. The fraction of sp³-hybridized carbons (Fsp3) is 0.732. The lowest BCUT2D eigenvalue weighted by Gasteiger charge is -2.45. The first-order valence-corrected chi connectivity index (χ1v) is 20.7. The van der Waals surface area contributed by atoms with Crippen molar-refractivity contribution in [3.05, 3.63) is 30.1 Å². The van der Waals surface area contributed by atoms with E-state index in [4.69, 9.17) is 0 Å². The van der Waals surface area contributed by atoms with Gasteiger partial charge in [0.1, 0.15) is 18.2 Å². The van der Waals surface area contributed by atoms with Crippen molar-refractivity contribution >= 4 is 34.4 Å². The number of likely N-dealkylation sites (tertiary alicyclic amines) is 1. The molecule has 0 unspecified atom stereocenters. The molecule has 302 valence electrons. The molecule has 1 aromatic heterocycles. The van der Waals surface area contributed by atoms with Crippen molar-refractivity contribution in [3.8, 4) is 0 Å². The maximum absolute atomic E-state index is 14.0. The number of halogens is 3. The van der Waals surface area contributed by atoms with Crippen LogP contribution in [0.15, 0.2) is 24.5 Å². The molecule has 5 fully saturated rings. The number of alkyl halides is 3. The Labute approximate surface area is 322 Å². The number of anilines is 1. The number of piperidine rings is 1. The van der Waals surface area contributed by atoms with Crippen LogP contribution in [0.4, 0.5) is 19.0 Å². The molecule has 2 aliphatic heterocycles. The molecule has 3 aliphatic carbocycles. The van der Waals surface area contributed by atoms with Crippen LogP contribution in [0.25, 0.3) is 10.9 Å². The van der Waals surface area contributed by atoms with Crippen LogP contribution in [-0.4, -0.2) is 100 Å². The number of aromatic nitrogens is 2. The van der Waals surface area contributed by atoms with E-state index in [9.17, 15) is 27.6 Å². The van der Waals surface area contributed by atoms with Gasteiger partial charge in [0.05, 0.1) is 23.2 Å². The van der Waals surface area contributed by atoms with Crippen LogP contribution >= 0.6 is 0 Å². The van der Waals surface area contributed by atoms with Crippen molar-refractivity contribution in [1.82, 2.24) is 35.7 Å². The lowest BCUT2D eigenvalue weighted by molar-refractivity contribution is -0.137. The van der Waals surface area contributed by atoms with Gasteiger partial charge in [0, 0.05) is 41.9 Å². The zero-order valence-corrected chi connectivity index (χ0v) is 32.6. The predicted octanol–water partition coefficient (Wildman–Crippen LogP) is 5.64. The summed E-state index contributed by atoms with van der Waals surface area (Å²) in [7, 11) is 2.11. The molecule has 1 aromatic carbocycles. The summed E-state index contributed by atoms with van der Waals surface area (Å²) in [5.41, 5.74) is -0.0214. The average molecular weight is 769 g/mol. The maximum Gasteiger partial charge on any atom is 0.416 e. The third-order valence-corrected chi connectivity index (χ3v) is 13.9. The Kier molecular flexibility index (Phi) is 11.9. The molecule has 4 atom stereocenters. The molecule has 1 spiro atoms. The first-order chi connectivity index (χ1) is 26.3. The zero-order valence-electron chi connectivity index (χ0n) is 32.6. The number of fused-ring (bicyclic) bond motifs is 1. The second-order valence-electron chi connectivity index (χ2n) is 17.5. The van der Waals surface area contributed by atoms with Crippen molar-refractivity contribution in [3.63, 3.8) is 0 Å². The van der Waals surface area contributed by atoms with Crippen LogP contribution < -0.4 is 21.3 Å². The van der Waals surface area contributed by atoms with E-state index in [1.165, 1.54) is 25.2 Å². The fourth-order valence-electron chi connectivity index (χ4n) is 10.2. The van der Waals surface area contributed by atoms with E-state index >= 15 is 0 Å². The molecule has 11 nitrogen and oxygen atoms in total. The third kappa shape index (κ3) is 8.90. The Morgan fingerprint density at radius 1 is 0.909 bits per heavy atom. The van der Waals surface area contributed by atoms with Gasteiger partial charge in [-0.05, 0) is 147 Å². The lowest BCUT2D eigenvalue weighted by atomic mass is 9.65. The van der Waals surface area contributed by atoms with Gasteiger partial charge >= 0.3 is 6.18 Å². The smallest absolute Gasteiger partial charge is 0.358 e. The van der Waals surface area contributed by atoms with Gasteiger partial charge in [-0.1, -0.05) is 0 Å². The molecule has 3 saturated carbocycles. The number of hydrogen-bond donors (Lipinski definition) is 4. The van der Waals surface area contributed by atoms with Crippen LogP contribution in [0.1, 0.15) is 109 Å². The van der Waals surface area contributed by atoms with E-state index in [-0.39, 0.29) is 64.9 Å². The number of hydrogen-bond acceptors (Lipinski definition) is 8. The summed E-state index contributed by atoms with van der Waals surface area (Å²) in [6.07, 6.45) is 9.18. The van der Waals surface area contributed by atoms with Gasteiger partial charge in [-0.2, -0.15) is 13.2 Å². The number of nitrogens with zero attached hydrogens (tertiary/aromatic N) is 4. The summed E-state index contributed by atoms with van der Waals surface area (Å²) in [5.74, 6) is 0.193. The SMILES string of the molecule is CC(C)N(C)[C@@H]1CC[C@H](N2CC[C@H](Nc3ncnc4ccc(C(F)(F)F)cc34)C2=O)[C@H](NC(=O)C2CCC(NC(=O)C3CCC4(CCNCC4)CC3)CC2)C1. The highest BCUT2D eigenvalue weighted by atomic mass is 19.4. The molecule has 4 N–H and O–H groups in total.